The maximum atomic E-state index is 2.37. The van der Waals surface area contributed by atoms with E-state index in [1.54, 1.807) is 0 Å². The van der Waals surface area contributed by atoms with Gasteiger partial charge in [0.15, 0.2) is 0 Å². The first-order valence-corrected chi connectivity index (χ1v) is 5.97. The van der Waals surface area contributed by atoms with Crippen molar-refractivity contribution in [2.24, 2.45) is 0 Å². The molecule has 0 aliphatic heterocycles. The van der Waals surface area contributed by atoms with E-state index in [9.17, 15) is 0 Å². The third kappa shape index (κ3) is 2.26. The van der Waals surface area contributed by atoms with Crippen LogP contribution in [0.3, 0.4) is 0 Å². The first-order valence-electron chi connectivity index (χ1n) is 5.97. The zero-order chi connectivity index (χ0) is 11.1. The monoisotopic (exact) mass is 297 g/mol. The molecule has 2 aromatic rings. The summed E-state index contributed by atoms with van der Waals surface area (Å²) in [6.45, 7) is 4.51. The SMILES string of the molecule is CC(C)c1ccc2c(c1)-c1ccccc1C2.[Y]. The van der Waals surface area contributed by atoms with Crippen LogP contribution >= 0.6 is 0 Å². The molecule has 0 atom stereocenters. The fraction of sp³-hybridized carbons (Fsp3) is 0.250. The molecule has 0 N–H and O–H groups in total. The van der Waals surface area contributed by atoms with Crippen LogP contribution in [0, 0.1) is 0 Å². The molecule has 83 valence electrons. The minimum Gasteiger partial charge on any atom is -0.0619 e. The molecule has 2 aromatic carbocycles. The first kappa shape index (κ1) is 13.0. The van der Waals surface area contributed by atoms with Gasteiger partial charge in [-0.15, -0.1) is 0 Å². The third-order valence-corrected chi connectivity index (χ3v) is 3.49. The Morgan fingerprint density at radius 2 is 1.59 bits per heavy atom. The summed E-state index contributed by atoms with van der Waals surface area (Å²) in [5.41, 5.74) is 7.27. The summed E-state index contributed by atoms with van der Waals surface area (Å²) in [4.78, 5) is 0. The molecule has 1 aliphatic rings. The summed E-state index contributed by atoms with van der Waals surface area (Å²) in [5, 5.41) is 0. The largest absolute Gasteiger partial charge is 0.0619 e. The molecular formula is C16H16Y. The van der Waals surface area contributed by atoms with Crippen molar-refractivity contribution >= 4 is 0 Å². The summed E-state index contributed by atoms with van der Waals surface area (Å²) in [6.07, 6.45) is 1.10. The zero-order valence-corrected chi connectivity index (χ0v) is 13.2. The van der Waals surface area contributed by atoms with Crippen LogP contribution in [0.2, 0.25) is 0 Å². The van der Waals surface area contributed by atoms with Crippen LogP contribution < -0.4 is 0 Å². The van der Waals surface area contributed by atoms with E-state index < -0.39 is 0 Å². The molecule has 0 spiro atoms. The topological polar surface area (TPSA) is 0 Å². The third-order valence-electron chi connectivity index (χ3n) is 3.49. The van der Waals surface area contributed by atoms with Gasteiger partial charge in [0, 0.05) is 32.7 Å². The average Bonchev–Trinajstić information content (AvgIpc) is 2.66. The maximum Gasteiger partial charge on any atom is 0 e. The Bertz CT molecular complexity index is 541. The van der Waals surface area contributed by atoms with E-state index in [2.05, 4.69) is 56.3 Å². The van der Waals surface area contributed by atoms with E-state index in [1.165, 1.54) is 27.8 Å². The smallest absolute Gasteiger partial charge is 0 e. The van der Waals surface area contributed by atoms with Gasteiger partial charge in [-0.25, -0.2) is 0 Å². The molecule has 0 saturated carbocycles. The zero-order valence-electron chi connectivity index (χ0n) is 10.4. The van der Waals surface area contributed by atoms with Crippen molar-refractivity contribution in [2.75, 3.05) is 0 Å². The summed E-state index contributed by atoms with van der Waals surface area (Å²) < 4.78 is 0. The summed E-state index contributed by atoms with van der Waals surface area (Å²) in [5.74, 6) is 0.609. The van der Waals surface area contributed by atoms with Gasteiger partial charge in [-0.05, 0) is 40.2 Å². The van der Waals surface area contributed by atoms with Crippen LogP contribution in [-0.2, 0) is 39.1 Å². The fourth-order valence-corrected chi connectivity index (χ4v) is 2.50. The number of hydrogen-bond acceptors (Lipinski definition) is 0. The number of fused-ring (bicyclic) bond motifs is 3. The Hall–Kier alpha value is -0.456. The molecule has 0 unspecified atom stereocenters. The van der Waals surface area contributed by atoms with Gasteiger partial charge < -0.3 is 0 Å². The van der Waals surface area contributed by atoms with E-state index in [0.29, 0.717) is 5.92 Å². The van der Waals surface area contributed by atoms with Crippen LogP contribution in [-0.4, -0.2) is 0 Å². The van der Waals surface area contributed by atoms with Crippen LogP contribution in [0.5, 0.6) is 0 Å². The number of hydrogen-bond donors (Lipinski definition) is 0. The predicted molar refractivity (Wildman–Crippen MR) is 68.8 cm³/mol. The second-order valence-electron chi connectivity index (χ2n) is 4.91. The molecule has 1 aliphatic carbocycles. The van der Waals surface area contributed by atoms with Crippen LogP contribution in [0.1, 0.15) is 36.5 Å². The minimum absolute atomic E-state index is 0. The standard InChI is InChI=1S/C16H16.Y/c1-11(2)12-7-8-14-9-13-5-3-4-6-15(13)16(14)10-12;/h3-8,10-11H,9H2,1-2H3;. The van der Waals surface area contributed by atoms with Crippen molar-refractivity contribution in [3.8, 4) is 11.1 Å². The Kier molecular flexibility index (Phi) is 3.85. The Balaban J connectivity index is 0.00000108. The fourth-order valence-electron chi connectivity index (χ4n) is 2.50. The summed E-state index contributed by atoms with van der Waals surface area (Å²) in [7, 11) is 0. The summed E-state index contributed by atoms with van der Waals surface area (Å²) in [6, 6.07) is 15.7. The van der Waals surface area contributed by atoms with Gasteiger partial charge >= 0.3 is 0 Å². The number of benzene rings is 2. The normalized spacial score (nSPS) is 11.9. The Labute approximate surface area is 128 Å². The molecular weight excluding hydrogens is 281 g/mol. The van der Waals surface area contributed by atoms with E-state index in [-0.39, 0.29) is 32.7 Å². The van der Waals surface area contributed by atoms with Gasteiger partial charge in [0.25, 0.3) is 0 Å². The van der Waals surface area contributed by atoms with E-state index in [1.807, 2.05) is 0 Å². The molecule has 0 amide bonds. The molecule has 0 fully saturated rings. The van der Waals surface area contributed by atoms with Gasteiger partial charge in [0.1, 0.15) is 0 Å². The second-order valence-corrected chi connectivity index (χ2v) is 4.91. The minimum atomic E-state index is 0. The molecule has 0 bridgehead atoms. The predicted octanol–water partition coefficient (Wildman–Crippen LogP) is 4.38. The van der Waals surface area contributed by atoms with E-state index in [4.69, 9.17) is 0 Å². The average molecular weight is 297 g/mol. The van der Waals surface area contributed by atoms with Crippen LogP contribution in [0.25, 0.3) is 11.1 Å². The first-order chi connectivity index (χ1) is 7.75. The van der Waals surface area contributed by atoms with Crippen molar-refractivity contribution in [1.82, 2.24) is 0 Å². The van der Waals surface area contributed by atoms with Crippen molar-refractivity contribution in [3.63, 3.8) is 0 Å². The van der Waals surface area contributed by atoms with Crippen LogP contribution in [0.4, 0.5) is 0 Å². The maximum absolute atomic E-state index is 2.37. The molecule has 0 heterocycles. The van der Waals surface area contributed by atoms with E-state index in [0.717, 1.165) is 6.42 Å². The van der Waals surface area contributed by atoms with Gasteiger partial charge in [0.2, 0.25) is 0 Å². The Morgan fingerprint density at radius 1 is 0.882 bits per heavy atom. The second kappa shape index (κ2) is 5.04. The molecule has 0 saturated heterocycles. The van der Waals surface area contributed by atoms with Gasteiger partial charge in [-0.3, -0.25) is 0 Å². The quantitative estimate of drug-likeness (QED) is 0.625. The van der Waals surface area contributed by atoms with Gasteiger partial charge in [0.05, 0.1) is 0 Å². The van der Waals surface area contributed by atoms with Gasteiger partial charge in [-0.1, -0.05) is 56.3 Å². The molecule has 1 heteroatoms. The van der Waals surface area contributed by atoms with Crippen molar-refractivity contribution in [3.05, 3.63) is 59.2 Å². The van der Waals surface area contributed by atoms with Crippen molar-refractivity contribution in [2.45, 2.75) is 26.2 Å². The van der Waals surface area contributed by atoms with Gasteiger partial charge in [-0.2, -0.15) is 0 Å². The molecule has 0 nitrogen and oxygen atoms in total. The molecule has 17 heavy (non-hydrogen) atoms. The Morgan fingerprint density at radius 3 is 2.35 bits per heavy atom. The molecule has 3 rings (SSSR count). The van der Waals surface area contributed by atoms with E-state index >= 15 is 0 Å². The molecule has 1 radical (unpaired) electrons. The van der Waals surface area contributed by atoms with Crippen molar-refractivity contribution in [1.29, 1.82) is 0 Å². The molecule has 0 aromatic heterocycles. The van der Waals surface area contributed by atoms with Crippen LogP contribution in [0.15, 0.2) is 42.5 Å². The summed E-state index contributed by atoms with van der Waals surface area (Å²) >= 11 is 0. The van der Waals surface area contributed by atoms with Crippen molar-refractivity contribution < 1.29 is 32.7 Å². The number of rotatable bonds is 1.